The molecule has 0 fully saturated rings. The van der Waals surface area contributed by atoms with Gasteiger partial charge in [0.15, 0.2) is 5.15 Å². The highest BCUT2D eigenvalue weighted by atomic mass is 35.5. The van der Waals surface area contributed by atoms with Gasteiger partial charge in [-0.15, -0.1) is 0 Å². The van der Waals surface area contributed by atoms with Gasteiger partial charge in [0, 0.05) is 12.4 Å². The van der Waals surface area contributed by atoms with Crippen LogP contribution in [0.5, 0.6) is 0 Å². The Labute approximate surface area is 109 Å². The predicted octanol–water partition coefficient (Wildman–Crippen LogP) is 1.51. The van der Waals surface area contributed by atoms with Gasteiger partial charge < -0.3 is 5.73 Å². The molecule has 2 heterocycles. The second-order valence-electron chi connectivity index (χ2n) is 3.33. The number of aromatic nitrogens is 2. The molecule has 0 aliphatic carbocycles. The smallest absolute Gasteiger partial charge is 0.265 e. The Kier molecular flexibility index (Phi) is 3.35. The molecule has 18 heavy (non-hydrogen) atoms. The summed E-state index contributed by atoms with van der Waals surface area (Å²) in [4.78, 5) is 7.38. The highest BCUT2D eigenvalue weighted by Crippen LogP contribution is 2.23. The van der Waals surface area contributed by atoms with Crippen molar-refractivity contribution in [2.45, 2.75) is 4.90 Å². The summed E-state index contributed by atoms with van der Waals surface area (Å²) in [5.41, 5.74) is 5.70. The van der Waals surface area contributed by atoms with Crippen molar-refractivity contribution in [2.75, 3.05) is 10.5 Å². The molecule has 0 saturated heterocycles. The van der Waals surface area contributed by atoms with E-state index in [2.05, 4.69) is 14.7 Å². The average molecular weight is 285 g/mol. The van der Waals surface area contributed by atoms with Gasteiger partial charge in [-0.1, -0.05) is 11.6 Å². The lowest BCUT2D eigenvalue weighted by Gasteiger charge is -2.09. The monoisotopic (exact) mass is 284 g/mol. The number of hydrogen-bond donors (Lipinski definition) is 2. The summed E-state index contributed by atoms with van der Waals surface area (Å²) in [5, 5.41) is 0.0588. The molecule has 2 aromatic heterocycles. The van der Waals surface area contributed by atoms with E-state index in [1.54, 1.807) is 6.07 Å². The molecular weight excluding hydrogens is 276 g/mol. The van der Waals surface area contributed by atoms with Crippen molar-refractivity contribution in [3.8, 4) is 0 Å². The van der Waals surface area contributed by atoms with Crippen molar-refractivity contribution in [3.63, 3.8) is 0 Å². The summed E-state index contributed by atoms with van der Waals surface area (Å²) in [6.45, 7) is 0. The van der Waals surface area contributed by atoms with Gasteiger partial charge in [-0.2, -0.15) is 0 Å². The molecule has 8 heteroatoms. The van der Waals surface area contributed by atoms with Crippen LogP contribution < -0.4 is 10.5 Å². The van der Waals surface area contributed by atoms with Crippen LogP contribution in [0.15, 0.2) is 41.6 Å². The van der Waals surface area contributed by atoms with Gasteiger partial charge in [0.25, 0.3) is 10.0 Å². The molecule has 6 nitrogen and oxygen atoms in total. The fourth-order valence-corrected chi connectivity index (χ4v) is 2.66. The van der Waals surface area contributed by atoms with Crippen LogP contribution in [-0.4, -0.2) is 18.4 Å². The molecule has 0 aliphatic heterocycles. The number of nitrogens with one attached hydrogen (secondary N) is 1. The molecule has 0 aliphatic rings. The van der Waals surface area contributed by atoms with E-state index in [1.807, 2.05) is 0 Å². The number of nitrogens with zero attached hydrogens (tertiary/aromatic N) is 2. The Morgan fingerprint density at radius 3 is 2.50 bits per heavy atom. The lowest BCUT2D eigenvalue weighted by atomic mass is 10.4. The molecule has 0 spiro atoms. The maximum absolute atomic E-state index is 12.1. The van der Waals surface area contributed by atoms with Crippen LogP contribution in [0.25, 0.3) is 0 Å². The predicted molar refractivity (Wildman–Crippen MR) is 68.7 cm³/mol. The SMILES string of the molecule is Nc1ncccc1S(=O)(=O)Nc1cccnc1Cl. The van der Waals surface area contributed by atoms with E-state index in [4.69, 9.17) is 17.3 Å². The normalized spacial score (nSPS) is 11.2. The summed E-state index contributed by atoms with van der Waals surface area (Å²) < 4.78 is 26.4. The van der Waals surface area contributed by atoms with Crippen LogP contribution >= 0.6 is 11.6 Å². The molecule has 94 valence electrons. The highest BCUT2D eigenvalue weighted by Gasteiger charge is 2.19. The first-order valence-electron chi connectivity index (χ1n) is 4.84. The van der Waals surface area contributed by atoms with Crippen molar-refractivity contribution in [3.05, 3.63) is 41.8 Å². The van der Waals surface area contributed by atoms with Gasteiger partial charge in [-0.25, -0.2) is 18.4 Å². The number of pyridine rings is 2. The van der Waals surface area contributed by atoms with E-state index >= 15 is 0 Å². The Morgan fingerprint density at radius 2 is 1.83 bits per heavy atom. The number of sulfonamides is 1. The van der Waals surface area contributed by atoms with E-state index in [1.165, 1.54) is 30.6 Å². The van der Waals surface area contributed by atoms with Gasteiger partial charge in [0.05, 0.1) is 5.69 Å². The number of anilines is 2. The Morgan fingerprint density at radius 1 is 1.17 bits per heavy atom. The third kappa shape index (κ3) is 2.52. The van der Waals surface area contributed by atoms with E-state index in [0.29, 0.717) is 0 Å². The van der Waals surface area contributed by atoms with Crippen molar-refractivity contribution in [2.24, 2.45) is 0 Å². The number of nitrogen functional groups attached to an aromatic ring is 1. The van der Waals surface area contributed by atoms with E-state index in [-0.39, 0.29) is 21.6 Å². The summed E-state index contributed by atoms with van der Waals surface area (Å²) in [5.74, 6) is -0.0787. The lowest BCUT2D eigenvalue weighted by molar-refractivity contribution is 0.601. The molecule has 0 saturated carbocycles. The Hall–Kier alpha value is -1.86. The van der Waals surface area contributed by atoms with Crippen LogP contribution in [0.3, 0.4) is 0 Å². The molecule has 0 amide bonds. The van der Waals surface area contributed by atoms with Gasteiger partial charge in [0.1, 0.15) is 10.7 Å². The first-order valence-corrected chi connectivity index (χ1v) is 6.70. The van der Waals surface area contributed by atoms with Crippen LogP contribution in [-0.2, 0) is 10.0 Å². The number of nitrogens with two attached hydrogens (primary N) is 1. The van der Waals surface area contributed by atoms with Gasteiger partial charge >= 0.3 is 0 Å². The van der Waals surface area contributed by atoms with Crippen LogP contribution in [0.1, 0.15) is 0 Å². The molecule has 2 aromatic rings. The van der Waals surface area contributed by atoms with Gasteiger partial charge in [-0.05, 0) is 24.3 Å². The topological polar surface area (TPSA) is 98.0 Å². The van der Waals surface area contributed by atoms with Crippen molar-refractivity contribution < 1.29 is 8.42 Å². The number of halogens is 1. The standard InChI is InChI=1S/C10H9ClN4O2S/c11-9-7(3-1-5-13-9)15-18(16,17)8-4-2-6-14-10(8)12/h1-6,15H,(H2,12,14). The van der Waals surface area contributed by atoms with E-state index in [0.717, 1.165) is 0 Å². The Bertz CT molecular complexity index is 675. The average Bonchev–Trinajstić information content (AvgIpc) is 2.32. The quantitative estimate of drug-likeness (QED) is 0.833. The fraction of sp³-hybridized carbons (Fsp3) is 0. The Balaban J connectivity index is 2.40. The summed E-state index contributed by atoms with van der Waals surface area (Å²) in [6, 6.07) is 5.90. The van der Waals surface area contributed by atoms with Gasteiger partial charge in [-0.3, -0.25) is 4.72 Å². The second kappa shape index (κ2) is 4.79. The van der Waals surface area contributed by atoms with Crippen molar-refractivity contribution in [1.82, 2.24) is 9.97 Å². The summed E-state index contributed by atoms with van der Waals surface area (Å²) in [7, 11) is -3.83. The minimum absolute atomic E-state index is 0.0588. The lowest BCUT2D eigenvalue weighted by Crippen LogP contribution is -2.15. The molecule has 0 unspecified atom stereocenters. The molecule has 0 bridgehead atoms. The van der Waals surface area contributed by atoms with Crippen molar-refractivity contribution in [1.29, 1.82) is 0 Å². The minimum atomic E-state index is -3.83. The molecule has 0 radical (unpaired) electrons. The minimum Gasteiger partial charge on any atom is -0.383 e. The maximum atomic E-state index is 12.1. The summed E-state index contributed by atoms with van der Waals surface area (Å²) in [6.07, 6.45) is 2.87. The molecule has 3 N–H and O–H groups in total. The van der Waals surface area contributed by atoms with Gasteiger partial charge in [0.2, 0.25) is 0 Å². The van der Waals surface area contributed by atoms with Crippen LogP contribution in [0.2, 0.25) is 5.15 Å². The molecular formula is C10H9ClN4O2S. The van der Waals surface area contributed by atoms with Crippen LogP contribution in [0.4, 0.5) is 11.5 Å². The number of hydrogen-bond acceptors (Lipinski definition) is 5. The van der Waals surface area contributed by atoms with E-state index in [9.17, 15) is 8.42 Å². The fourth-order valence-electron chi connectivity index (χ4n) is 1.29. The molecule has 0 atom stereocenters. The number of rotatable bonds is 3. The second-order valence-corrected chi connectivity index (χ2v) is 5.34. The zero-order valence-electron chi connectivity index (χ0n) is 9.04. The largest absolute Gasteiger partial charge is 0.383 e. The van der Waals surface area contributed by atoms with Crippen molar-refractivity contribution >= 4 is 33.1 Å². The molecule has 0 aromatic carbocycles. The first kappa shape index (κ1) is 12.6. The van der Waals surface area contributed by atoms with Crippen LogP contribution in [0, 0.1) is 0 Å². The third-order valence-corrected chi connectivity index (χ3v) is 3.81. The zero-order chi connectivity index (χ0) is 13.2. The highest BCUT2D eigenvalue weighted by molar-refractivity contribution is 7.92. The first-order chi connectivity index (χ1) is 8.50. The molecule has 2 rings (SSSR count). The maximum Gasteiger partial charge on any atom is 0.265 e. The zero-order valence-corrected chi connectivity index (χ0v) is 10.6. The van der Waals surface area contributed by atoms with E-state index < -0.39 is 10.0 Å². The third-order valence-electron chi connectivity index (χ3n) is 2.09. The summed E-state index contributed by atoms with van der Waals surface area (Å²) >= 11 is 5.77.